The number of hydrogen-bond acceptors (Lipinski definition) is 6. The van der Waals surface area contributed by atoms with Crippen molar-refractivity contribution in [1.82, 2.24) is 19.9 Å². The molecule has 0 aliphatic rings. The molecule has 0 radical (unpaired) electrons. The van der Waals surface area contributed by atoms with Crippen molar-refractivity contribution in [2.24, 2.45) is 0 Å². The third-order valence-corrected chi connectivity index (χ3v) is 4.43. The third kappa shape index (κ3) is 3.54. The van der Waals surface area contributed by atoms with Crippen molar-refractivity contribution in [3.8, 4) is 0 Å². The van der Waals surface area contributed by atoms with Gasteiger partial charge in [0.2, 0.25) is 0 Å². The summed E-state index contributed by atoms with van der Waals surface area (Å²) in [6.07, 6.45) is 2.86. The van der Waals surface area contributed by atoms with Gasteiger partial charge in [-0.3, -0.25) is 9.20 Å². The number of ether oxygens (including phenoxy) is 1. The van der Waals surface area contributed by atoms with Gasteiger partial charge in [0.25, 0.3) is 0 Å². The molecule has 0 aromatic carbocycles. The highest BCUT2D eigenvalue weighted by atomic mass is 32.2. The fourth-order valence-corrected chi connectivity index (χ4v) is 2.96. The number of carbonyl (C=O) groups excluding carboxylic acids is 1. The minimum Gasteiger partial charge on any atom is -0.468 e. The molecule has 1 atom stereocenters. The predicted octanol–water partition coefficient (Wildman–Crippen LogP) is 1.75. The van der Waals surface area contributed by atoms with Gasteiger partial charge in [-0.1, -0.05) is 24.8 Å². The van der Waals surface area contributed by atoms with Crippen LogP contribution in [0.2, 0.25) is 0 Å². The van der Waals surface area contributed by atoms with E-state index in [1.807, 2.05) is 35.7 Å². The molecule has 0 saturated carbocycles. The summed E-state index contributed by atoms with van der Waals surface area (Å²) in [6.45, 7) is 4.67. The van der Waals surface area contributed by atoms with Crippen LogP contribution in [0.5, 0.6) is 0 Å². The van der Waals surface area contributed by atoms with Gasteiger partial charge in [0.1, 0.15) is 5.54 Å². The highest BCUT2D eigenvalue weighted by molar-refractivity contribution is 7.99. The van der Waals surface area contributed by atoms with Gasteiger partial charge in [0, 0.05) is 11.9 Å². The Morgan fingerprint density at radius 3 is 3.00 bits per heavy atom. The Hall–Kier alpha value is -1.60. The molecule has 114 valence electrons. The number of aromatic nitrogens is 3. The summed E-state index contributed by atoms with van der Waals surface area (Å²) in [6, 6.07) is 5.74. The number of nitrogens with zero attached hydrogens (tertiary/aromatic N) is 3. The summed E-state index contributed by atoms with van der Waals surface area (Å²) in [5.41, 5.74) is 0.0528. The number of carbonyl (C=O) groups is 1. The topological polar surface area (TPSA) is 68.5 Å². The van der Waals surface area contributed by atoms with E-state index in [-0.39, 0.29) is 5.97 Å². The quantitative estimate of drug-likeness (QED) is 0.621. The lowest BCUT2D eigenvalue weighted by Gasteiger charge is -2.27. The van der Waals surface area contributed by atoms with Crippen molar-refractivity contribution in [2.75, 3.05) is 19.4 Å². The standard InChI is InChI=1S/C14H20N4O2S/c1-4-8-15-14(2,12(19)20-3)10-21-13-17-16-11-7-5-6-9-18(11)13/h5-7,9,15H,4,8,10H2,1-3H3. The summed E-state index contributed by atoms with van der Waals surface area (Å²) in [4.78, 5) is 12.0. The van der Waals surface area contributed by atoms with Crippen molar-refractivity contribution in [2.45, 2.75) is 31.0 Å². The van der Waals surface area contributed by atoms with Crippen LogP contribution in [0.25, 0.3) is 5.65 Å². The molecule has 2 aromatic heterocycles. The summed E-state index contributed by atoms with van der Waals surface area (Å²) in [5.74, 6) is 0.257. The molecule has 2 rings (SSSR count). The Morgan fingerprint density at radius 2 is 2.29 bits per heavy atom. The highest BCUT2D eigenvalue weighted by Crippen LogP contribution is 2.22. The maximum Gasteiger partial charge on any atom is 0.326 e. The molecular weight excluding hydrogens is 288 g/mol. The van der Waals surface area contributed by atoms with E-state index in [1.54, 1.807) is 0 Å². The van der Waals surface area contributed by atoms with Crippen LogP contribution in [-0.4, -0.2) is 45.5 Å². The Kier molecular flexibility index (Phi) is 5.19. The van der Waals surface area contributed by atoms with Crippen LogP contribution in [0.3, 0.4) is 0 Å². The average Bonchev–Trinajstić information content (AvgIpc) is 2.93. The maximum absolute atomic E-state index is 12.0. The fourth-order valence-electron chi connectivity index (χ4n) is 1.94. The van der Waals surface area contributed by atoms with Gasteiger partial charge in [-0.25, -0.2) is 0 Å². The zero-order valence-electron chi connectivity index (χ0n) is 12.5. The van der Waals surface area contributed by atoms with Crippen LogP contribution < -0.4 is 5.32 Å². The summed E-state index contributed by atoms with van der Waals surface area (Å²) >= 11 is 1.48. The average molecular weight is 308 g/mol. The number of rotatable bonds is 7. The van der Waals surface area contributed by atoms with Crippen LogP contribution in [0, 0.1) is 0 Å². The Balaban J connectivity index is 2.12. The zero-order chi connectivity index (χ0) is 15.3. The molecule has 6 nitrogen and oxygen atoms in total. The van der Waals surface area contributed by atoms with E-state index in [4.69, 9.17) is 4.74 Å². The van der Waals surface area contributed by atoms with Gasteiger partial charge < -0.3 is 10.1 Å². The van der Waals surface area contributed by atoms with Gasteiger partial charge in [-0.05, 0) is 32.0 Å². The molecule has 0 spiro atoms. The zero-order valence-corrected chi connectivity index (χ0v) is 13.3. The normalized spacial score (nSPS) is 14.0. The van der Waals surface area contributed by atoms with Crippen LogP contribution in [0.1, 0.15) is 20.3 Å². The molecule has 2 heterocycles. The number of hydrogen-bond donors (Lipinski definition) is 1. The monoisotopic (exact) mass is 308 g/mol. The van der Waals surface area contributed by atoms with Crippen LogP contribution in [0.4, 0.5) is 0 Å². The lowest BCUT2D eigenvalue weighted by Crippen LogP contribution is -2.52. The summed E-state index contributed by atoms with van der Waals surface area (Å²) in [5, 5.41) is 12.3. The van der Waals surface area contributed by atoms with Crippen molar-refractivity contribution < 1.29 is 9.53 Å². The second-order valence-corrected chi connectivity index (χ2v) is 5.89. The molecule has 0 aliphatic carbocycles. The second-order valence-electron chi connectivity index (χ2n) is 4.95. The summed E-state index contributed by atoms with van der Waals surface area (Å²) in [7, 11) is 1.41. The van der Waals surface area contributed by atoms with Gasteiger partial charge >= 0.3 is 5.97 Å². The van der Waals surface area contributed by atoms with Crippen molar-refractivity contribution in [3.05, 3.63) is 24.4 Å². The van der Waals surface area contributed by atoms with E-state index >= 15 is 0 Å². The number of fused-ring (bicyclic) bond motifs is 1. The number of esters is 1. The van der Waals surface area contributed by atoms with Crippen LogP contribution in [-0.2, 0) is 9.53 Å². The molecule has 2 aromatic rings. The lowest BCUT2D eigenvalue weighted by molar-refractivity contribution is -0.146. The minimum atomic E-state index is -0.740. The van der Waals surface area contributed by atoms with E-state index in [0.717, 1.165) is 23.8 Å². The van der Waals surface area contributed by atoms with Gasteiger partial charge in [0.05, 0.1) is 7.11 Å². The molecule has 1 unspecified atom stereocenters. The first kappa shape index (κ1) is 15.8. The number of pyridine rings is 1. The van der Waals surface area contributed by atoms with Crippen LogP contribution >= 0.6 is 11.8 Å². The predicted molar refractivity (Wildman–Crippen MR) is 82.4 cm³/mol. The first-order valence-electron chi connectivity index (χ1n) is 6.86. The number of nitrogens with one attached hydrogen (secondary N) is 1. The molecule has 0 amide bonds. The largest absolute Gasteiger partial charge is 0.468 e. The van der Waals surface area contributed by atoms with Crippen molar-refractivity contribution in [3.63, 3.8) is 0 Å². The van der Waals surface area contributed by atoms with Crippen molar-refractivity contribution >= 4 is 23.4 Å². The highest BCUT2D eigenvalue weighted by Gasteiger charge is 2.34. The minimum absolute atomic E-state index is 0.266. The second kappa shape index (κ2) is 6.91. The van der Waals surface area contributed by atoms with E-state index in [9.17, 15) is 4.79 Å². The Bertz CT molecular complexity index is 616. The Labute approximate surface area is 128 Å². The molecular formula is C14H20N4O2S. The van der Waals surface area contributed by atoms with Crippen LogP contribution in [0.15, 0.2) is 29.6 Å². The molecule has 21 heavy (non-hydrogen) atoms. The SMILES string of the molecule is CCCNC(C)(CSc1nnc2ccccn12)C(=O)OC. The fraction of sp³-hybridized carbons (Fsp3) is 0.500. The van der Waals surface area contributed by atoms with Gasteiger partial charge in [0.15, 0.2) is 10.8 Å². The Morgan fingerprint density at radius 1 is 1.48 bits per heavy atom. The first-order valence-corrected chi connectivity index (χ1v) is 7.85. The number of thioether (sulfide) groups is 1. The van der Waals surface area contributed by atoms with Gasteiger partial charge in [-0.2, -0.15) is 0 Å². The van der Waals surface area contributed by atoms with E-state index in [0.29, 0.717) is 5.75 Å². The van der Waals surface area contributed by atoms with Gasteiger partial charge in [-0.15, -0.1) is 10.2 Å². The molecule has 1 N–H and O–H groups in total. The van der Waals surface area contributed by atoms with E-state index in [1.165, 1.54) is 18.9 Å². The number of methoxy groups -OCH3 is 1. The molecule has 0 fully saturated rings. The molecule has 7 heteroatoms. The summed E-state index contributed by atoms with van der Waals surface area (Å²) < 4.78 is 6.82. The van der Waals surface area contributed by atoms with E-state index in [2.05, 4.69) is 22.4 Å². The van der Waals surface area contributed by atoms with E-state index < -0.39 is 5.54 Å². The molecule has 0 aliphatic heterocycles. The smallest absolute Gasteiger partial charge is 0.326 e. The maximum atomic E-state index is 12.0. The first-order chi connectivity index (χ1) is 10.1. The third-order valence-electron chi connectivity index (χ3n) is 3.17. The molecule has 0 saturated heterocycles. The lowest BCUT2D eigenvalue weighted by atomic mass is 10.1. The molecule has 0 bridgehead atoms. The van der Waals surface area contributed by atoms with Crippen molar-refractivity contribution in [1.29, 1.82) is 0 Å².